The lowest BCUT2D eigenvalue weighted by molar-refractivity contribution is -0.136. The van der Waals surface area contributed by atoms with E-state index in [0.29, 0.717) is 18.7 Å². The van der Waals surface area contributed by atoms with Crippen molar-refractivity contribution in [2.45, 2.75) is 25.2 Å². The molecule has 202 valence electrons. The van der Waals surface area contributed by atoms with Crippen molar-refractivity contribution in [3.05, 3.63) is 46.5 Å². The molecule has 38 heavy (non-hydrogen) atoms. The van der Waals surface area contributed by atoms with E-state index in [9.17, 15) is 14.0 Å². The third-order valence-corrected chi connectivity index (χ3v) is 6.39. The van der Waals surface area contributed by atoms with E-state index in [1.807, 2.05) is 11.9 Å². The van der Waals surface area contributed by atoms with Crippen molar-refractivity contribution in [3.63, 3.8) is 0 Å². The van der Waals surface area contributed by atoms with Gasteiger partial charge in [-0.1, -0.05) is 0 Å². The number of anilines is 2. The van der Waals surface area contributed by atoms with Gasteiger partial charge in [-0.25, -0.2) is 27.9 Å². The summed E-state index contributed by atoms with van der Waals surface area (Å²) in [5.41, 5.74) is -0.371. The van der Waals surface area contributed by atoms with Crippen molar-refractivity contribution in [3.8, 4) is 6.07 Å². The first kappa shape index (κ1) is 27.2. The number of halogens is 3. The molecule has 1 saturated heterocycles. The summed E-state index contributed by atoms with van der Waals surface area (Å²) >= 11 is 0. The van der Waals surface area contributed by atoms with Crippen LogP contribution < -0.4 is 10.2 Å². The van der Waals surface area contributed by atoms with E-state index < -0.39 is 42.6 Å². The Hall–Kier alpha value is -3.80. The van der Waals surface area contributed by atoms with Crippen LogP contribution in [0, 0.1) is 17.1 Å². The molecule has 14 heteroatoms. The highest BCUT2D eigenvalue weighted by Gasteiger charge is 2.44. The molecular formula is C24H26F3N7O4. The van der Waals surface area contributed by atoms with Crippen LogP contribution in [-0.2, 0) is 26.7 Å². The number of nitrogens with one attached hydrogen (secondary N) is 1. The van der Waals surface area contributed by atoms with Gasteiger partial charge >= 0.3 is 6.03 Å². The normalized spacial score (nSPS) is 17.4. The molecule has 0 spiro atoms. The monoisotopic (exact) mass is 533 g/mol. The molecule has 2 aromatic heterocycles. The third kappa shape index (κ3) is 5.40. The van der Waals surface area contributed by atoms with Crippen molar-refractivity contribution >= 4 is 23.6 Å². The van der Waals surface area contributed by atoms with Gasteiger partial charge in [0.1, 0.15) is 34.8 Å². The molecule has 0 bridgehead atoms. The molecule has 0 aromatic carbocycles. The summed E-state index contributed by atoms with van der Waals surface area (Å²) in [6.45, 7) is 0.820. The fourth-order valence-electron chi connectivity index (χ4n) is 4.33. The van der Waals surface area contributed by atoms with E-state index in [4.69, 9.17) is 14.7 Å². The Kier molecular flexibility index (Phi) is 7.81. The third-order valence-electron chi connectivity index (χ3n) is 6.39. The number of nitriles is 1. The van der Waals surface area contributed by atoms with Gasteiger partial charge in [-0.3, -0.25) is 19.9 Å². The number of carbonyl (C=O) groups is 2. The van der Waals surface area contributed by atoms with E-state index >= 15 is 8.78 Å². The molecule has 0 atom stereocenters. The number of hydrogen-bond donors (Lipinski definition) is 1. The van der Waals surface area contributed by atoms with E-state index in [1.54, 1.807) is 11.0 Å². The SMILES string of the molecule is COC(OC)c1nc2c(cc1CN1CCN(C)CC1=O)C(F)(F)CCN2C(=O)Nc1cc(F)c(C#N)cn1. The molecule has 2 aliphatic rings. The number of pyridine rings is 2. The zero-order valence-corrected chi connectivity index (χ0v) is 21.0. The van der Waals surface area contributed by atoms with E-state index in [1.165, 1.54) is 20.3 Å². The topological polar surface area (TPSA) is 124 Å². The molecule has 1 fully saturated rings. The molecule has 0 aliphatic carbocycles. The number of rotatable bonds is 6. The smallest absolute Gasteiger partial charge is 0.328 e. The van der Waals surface area contributed by atoms with Crippen LogP contribution in [0.2, 0.25) is 0 Å². The second-order valence-corrected chi connectivity index (χ2v) is 8.96. The highest BCUT2D eigenvalue weighted by molar-refractivity contribution is 6.01. The van der Waals surface area contributed by atoms with Crippen LogP contribution in [0.25, 0.3) is 0 Å². The zero-order chi connectivity index (χ0) is 27.6. The van der Waals surface area contributed by atoms with E-state index in [0.717, 1.165) is 17.2 Å². The second kappa shape index (κ2) is 10.9. The van der Waals surface area contributed by atoms with Crippen molar-refractivity contribution in [1.29, 1.82) is 5.26 Å². The lowest BCUT2D eigenvalue weighted by Crippen LogP contribution is -2.48. The molecule has 1 N–H and O–H groups in total. The predicted octanol–water partition coefficient (Wildman–Crippen LogP) is 2.59. The zero-order valence-electron chi connectivity index (χ0n) is 21.0. The summed E-state index contributed by atoms with van der Waals surface area (Å²) in [6.07, 6.45) is -0.797. The highest BCUT2D eigenvalue weighted by Crippen LogP contribution is 2.43. The van der Waals surface area contributed by atoms with Crippen molar-refractivity contribution in [2.24, 2.45) is 0 Å². The Morgan fingerprint density at radius 1 is 1.26 bits per heavy atom. The number of methoxy groups -OCH3 is 2. The minimum absolute atomic E-state index is 0.00220. The maximum atomic E-state index is 15.1. The van der Waals surface area contributed by atoms with Crippen LogP contribution in [0.3, 0.4) is 0 Å². The standard InChI is InChI=1S/C24H26F3N7O4/c1-32-6-7-33(19(35)13-32)12-14-8-16-21(31-20(14)22(37-2)38-3)34(5-4-24(16,26)27)23(36)30-18-9-17(25)15(10-28)11-29-18/h8-9,11,22H,4-7,12-13H2,1-3H3,(H,29,30,36). The number of ether oxygens (including phenoxy) is 2. The van der Waals surface area contributed by atoms with Gasteiger partial charge in [0.15, 0.2) is 0 Å². The summed E-state index contributed by atoms with van der Waals surface area (Å²) in [6, 6.07) is 2.84. The first-order valence-corrected chi connectivity index (χ1v) is 11.7. The maximum Gasteiger partial charge on any atom is 0.328 e. The average Bonchev–Trinajstić information content (AvgIpc) is 2.87. The molecule has 0 saturated carbocycles. The molecule has 2 aliphatic heterocycles. The molecule has 11 nitrogen and oxygen atoms in total. The van der Waals surface area contributed by atoms with Crippen LogP contribution in [-0.4, -0.2) is 79.2 Å². The van der Waals surface area contributed by atoms with Crippen LogP contribution >= 0.6 is 0 Å². The van der Waals surface area contributed by atoms with E-state index in [2.05, 4.69) is 15.3 Å². The van der Waals surface area contributed by atoms with Crippen LogP contribution in [0.4, 0.5) is 29.6 Å². The van der Waals surface area contributed by atoms with E-state index in [-0.39, 0.29) is 41.9 Å². The molecule has 0 unspecified atom stereocenters. The minimum Gasteiger partial charge on any atom is -0.350 e. The summed E-state index contributed by atoms with van der Waals surface area (Å²) in [5, 5.41) is 11.2. The van der Waals surface area contributed by atoms with Crippen molar-refractivity contribution in [1.82, 2.24) is 19.8 Å². The largest absolute Gasteiger partial charge is 0.350 e. The Morgan fingerprint density at radius 2 is 2.00 bits per heavy atom. The number of alkyl halides is 2. The lowest BCUT2D eigenvalue weighted by Gasteiger charge is -2.36. The van der Waals surface area contributed by atoms with Gasteiger partial charge in [0, 0.05) is 52.9 Å². The first-order valence-electron chi connectivity index (χ1n) is 11.7. The second-order valence-electron chi connectivity index (χ2n) is 8.96. The summed E-state index contributed by atoms with van der Waals surface area (Å²) < 4.78 is 55.0. The Labute approximate surface area is 216 Å². The number of hydrogen-bond acceptors (Lipinski definition) is 8. The molecule has 2 aromatic rings. The molecule has 4 rings (SSSR count). The molecule has 3 amide bonds. The van der Waals surface area contributed by atoms with Crippen molar-refractivity contribution in [2.75, 3.05) is 57.7 Å². The summed E-state index contributed by atoms with van der Waals surface area (Å²) in [7, 11) is 4.52. The van der Waals surface area contributed by atoms with Gasteiger partial charge in [-0.15, -0.1) is 0 Å². The van der Waals surface area contributed by atoms with Gasteiger partial charge < -0.3 is 14.4 Å². The lowest BCUT2D eigenvalue weighted by atomic mass is 9.97. The molecule has 4 heterocycles. The summed E-state index contributed by atoms with van der Waals surface area (Å²) in [4.78, 5) is 38.3. The minimum atomic E-state index is -3.31. The fraction of sp³-hybridized carbons (Fsp3) is 0.458. The van der Waals surface area contributed by atoms with Gasteiger partial charge in [0.2, 0.25) is 12.2 Å². The number of likely N-dealkylation sites (N-methyl/N-ethyl adjacent to an activating group) is 1. The molecule has 0 radical (unpaired) electrons. The number of fused-ring (bicyclic) bond motifs is 1. The Morgan fingerprint density at radius 3 is 2.63 bits per heavy atom. The first-order chi connectivity index (χ1) is 18.1. The number of urea groups is 1. The van der Waals surface area contributed by atoms with Gasteiger partial charge in [-0.05, 0) is 18.7 Å². The summed E-state index contributed by atoms with van der Waals surface area (Å²) in [5.74, 6) is -4.90. The van der Waals surface area contributed by atoms with Crippen LogP contribution in [0.15, 0.2) is 18.3 Å². The predicted molar refractivity (Wildman–Crippen MR) is 128 cm³/mol. The van der Waals surface area contributed by atoms with Gasteiger partial charge in [-0.2, -0.15) is 5.26 Å². The van der Waals surface area contributed by atoms with Gasteiger partial charge in [0.05, 0.1) is 18.3 Å². The number of piperazine rings is 1. The average molecular weight is 534 g/mol. The molecular weight excluding hydrogens is 507 g/mol. The Bertz CT molecular complexity index is 1280. The number of carbonyl (C=O) groups excluding carboxylic acids is 2. The number of aromatic nitrogens is 2. The Balaban J connectivity index is 1.72. The number of nitrogens with zero attached hydrogens (tertiary/aromatic N) is 6. The maximum absolute atomic E-state index is 15.1. The quantitative estimate of drug-likeness (QED) is 0.562. The van der Waals surface area contributed by atoms with Crippen LogP contribution in [0.1, 0.15) is 35.1 Å². The van der Waals surface area contributed by atoms with Gasteiger partial charge in [0.25, 0.3) is 5.92 Å². The van der Waals surface area contributed by atoms with Crippen LogP contribution in [0.5, 0.6) is 0 Å². The fourth-order valence-corrected chi connectivity index (χ4v) is 4.33. The highest BCUT2D eigenvalue weighted by atomic mass is 19.3. The number of amides is 3. The van der Waals surface area contributed by atoms with Crippen molar-refractivity contribution < 1.29 is 32.2 Å².